The lowest BCUT2D eigenvalue weighted by atomic mass is 10.1. The third-order valence-corrected chi connectivity index (χ3v) is 10.7. The summed E-state index contributed by atoms with van der Waals surface area (Å²) in [6, 6.07) is 0. The van der Waals surface area contributed by atoms with Gasteiger partial charge in [0.2, 0.25) is 0 Å². The van der Waals surface area contributed by atoms with E-state index in [4.69, 9.17) is 18.5 Å². The van der Waals surface area contributed by atoms with Crippen LogP contribution in [0.1, 0.15) is 194 Å². The van der Waals surface area contributed by atoms with Gasteiger partial charge in [-0.3, -0.25) is 13.8 Å². The van der Waals surface area contributed by atoms with Gasteiger partial charge in [0.15, 0.2) is 0 Å². The summed E-state index contributed by atoms with van der Waals surface area (Å²) in [6.45, 7) is 5.58. The number of hydrogen-bond donors (Lipinski definition) is 1. The molecule has 9 heteroatoms. The van der Waals surface area contributed by atoms with Gasteiger partial charge in [0.1, 0.15) is 19.3 Å². The van der Waals surface area contributed by atoms with Crippen LogP contribution in [-0.2, 0) is 27.9 Å². The molecule has 2 unspecified atom stereocenters. The molecular weight excluding hydrogens is 709 g/mol. The lowest BCUT2D eigenvalue weighted by Gasteiger charge is -2.24. The molecule has 0 aliphatic carbocycles. The molecule has 0 spiro atoms. The lowest BCUT2D eigenvalue weighted by Crippen LogP contribution is -2.37. The maximum Gasteiger partial charge on any atom is 0.472 e. The van der Waals surface area contributed by atoms with Crippen molar-refractivity contribution in [2.24, 2.45) is 0 Å². The molecule has 0 radical (unpaired) electrons. The van der Waals surface area contributed by atoms with Gasteiger partial charge in [-0.05, 0) is 70.6 Å². The predicted molar refractivity (Wildman–Crippen MR) is 233 cm³/mol. The second kappa shape index (κ2) is 39.5. The Morgan fingerprint density at radius 1 is 0.564 bits per heavy atom. The van der Waals surface area contributed by atoms with Crippen molar-refractivity contribution in [1.82, 2.24) is 0 Å². The van der Waals surface area contributed by atoms with Gasteiger partial charge in [-0.25, -0.2) is 4.57 Å². The Bertz CT molecular complexity index is 978. The van der Waals surface area contributed by atoms with Crippen LogP contribution in [0.4, 0.5) is 0 Å². The Kier molecular flexibility index (Phi) is 38.6. The zero-order valence-electron chi connectivity index (χ0n) is 36.7. The molecule has 0 fully saturated rings. The number of likely N-dealkylation sites (N-methyl/N-ethyl adjacent to an activating group) is 1. The van der Waals surface area contributed by atoms with E-state index in [0.717, 1.165) is 51.4 Å². The Morgan fingerprint density at radius 2 is 1.00 bits per heavy atom. The van der Waals surface area contributed by atoms with E-state index >= 15 is 0 Å². The van der Waals surface area contributed by atoms with Crippen molar-refractivity contribution >= 4 is 13.8 Å². The monoisotopic (exact) mass is 799 g/mol. The van der Waals surface area contributed by atoms with Crippen molar-refractivity contribution < 1.29 is 37.3 Å². The molecule has 0 saturated heterocycles. The number of esters is 1. The molecule has 0 bridgehead atoms. The van der Waals surface area contributed by atoms with Crippen LogP contribution in [0.5, 0.6) is 0 Å². The highest BCUT2D eigenvalue weighted by Crippen LogP contribution is 2.43. The summed E-state index contributed by atoms with van der Waals surface area (Å²) in [7, 11) is 1.66. The molecule has 0 saturated carbocycles. The number of phosphoric acid groups is 1. The predicted octanol–water partition coefficient (Wildman–Crippen LogP) is 13.4. The molecule has 0 amide bonds. The van der Waals surface area contributed by atoms with Crippen LogP contribution in [0.25, 0.3) is 0 Å². The number of carbonyl (C=O) groups is 1. The SMILES string of the molecule is CCCCC/C=C\C/C=C\CCCCCCCCCCCCOCC(COP(=O)(O)OCC[N+](C)(C)C)OC(=O)CCCCCCC/C=C\CCCCCC. The Balaban J connectivity index is 4.18. The molecule has 324 valence electrons. The normalized spacial score (nSPS) is 14.1. The van der Waals surface area contributed by atoms with Gasteiger partial charge in [-0.15, -0.1) is 0 Å². The van der Waals surface area contributed by atoms with E-state index in [1.54, 1.807) is 0 Å². The summed E-state index contributed by atoms with van der Waals surface area (Å²) in [5, 5.41) is 0. The molecule has 0 aromatic heterocycles. The van der Waals surface area contributed by atoms with Crippen LogP contribution in [0.15, 0.2) is 36.5 Å². The number of ether oxygens (including phenoxy) is 2. The topological polar surface area (TPSA) is 91.3 Å². The van der Waals surface area contributed by atoms with Gasteiger partial charge in [0.25, 0.3) is 0 Å². The summed E-state index contributed by atoms with van der Waals surface area (Å²) in [5.41, 5.74) is 0. The second-order valence-corrected chi connectivity index (χ2v) is 17.9. The van der Waals surface area contributed by atoms with E-state index in [9.17, 15) is 14.3 Å². The maximum atomic E-state index is 12.7. The van der Waals surface area contributed by atoms with Crippen molar-refractivity contribution in [1.29, 1.82) is 0 Å². The molecule has 0 aliphatic heterocycles. The lowest BCUT2D eigenvalue weighted by molar-refractivity contribution is -0.870. The summed E-state index contributed by atoms with van der Waals surface area (Å²) >= 11 is 0. The highest BCUT2D eigenvalue weighted by Gasteiger charge is 2.26. The number of carbonyl (C=O) groups excluding carboxylic acids is 1. The van der Waals surface area contributed by atoms with Crippen molar-refractivity contribution in [2.45, 2.75) is 200 Å². The summed E-state index contributed by atoms with van der Waals surface area (Å²) in [6.07, 6.45) is 46.0. The molecule has 8 nitrogen and oxygen atoms in total. The quantitative estimate of drug-likeness (QED) is 0.0216. The van der Waals surface area contributed by atoms with Crippen LogP contribution < -0.4 is 0 Å². The first-order valence-corrected chi connectivity index (χ1v) is 24.2. The first-order chi connectivity index (χ1) is 26.6. The summed E-state index contributed by atoms with van der Waals surface area (Å²) < 4.78 is 35.0. The van der Waals surface area contributed by atoms with E-state index in [-0.39, 0.29) is 25.8 Å². The third kappa shape index (κ3) is 43.7. The molecule has 0 aromatic rings. The summed E-state index contributed by atoms with van der Waals surface area (Å²) in [5.74, 6) is -0.324. The minimum Gasteiger partial charge on any atom is -0.457 e. The molecule has 0 rings (SSSR count). The maximum absolute atomic E-state index is 12.7. The molecule has 0 aliphatic rings. The fraction of sp³-hybridized carbons (Fsp3) is 0.848. The Morgan fingerprint density at radius 3 is 1.53 bits per heavy atom. The second-order valence-electron chi connectivity index (χ2n) is 16.4. The van der Waals surface area contributed by atoms with Crippen LogP contribution in [0.2, 0.25) is 0 Å². The van der Waals surface area contributed by atoms with Gasteiger partial charge >= 0.3 is 13.8 Å². The largest absolute Gasteiger partial charge is 0.472 e. The van der Waals surface area contributed by atoms with E-state index < -0.39 is 13.9 Å². The molecule has 0 aromatic carbocycles. The van der Waals surface area contributed by atoms with Gasteiger partial charge < -0.3 is 18.9 Å². The van der Waals surface area contributed by atoms with Gasteiger partial charge in [0, 0.05) is 13.0 Å². The van der Waals surface area contributed by atoms with Crippen LogP contribution >= 0.6 is 7.82 Å². The molecule has 0 heterocycles. The van der Waals surface area contributed by atoms with Crippen molar-refractivity contribution in [3.63, 3.8) is 0 Å². The van der Waals surface area contributed by atoms with E-state index in [1.165, 1.54) is 122 Å². The average Bonchev–Trinajstić information content (AvgIpc) is 3.13. The molecular formula is C46H89NO7P+. The fourth-order valence-electron chi connectivity index (χ4n) is 6.11. The van der Waals surface area contributed by atoms with Gasteiger partial charge in [0.05, 0.1) is 34.4 Å². The highest BCUT2D eigenvalue weighted by atomic mass is 31.2. The highest BCUT2D eigenvalue weighted by molar-refractivity contribution is 7.47. The number of phosphoric ester groups is 1. The van der Waals surface area contributed by atoms with Crippen molar-refractivity contribution in [3.8, 4) is 0 Å². The summed E-state index contributed by atoms with van der Waals surface area (Å²) in [4.78, 5) is 22.9. The minimum absolute atomic E-state index is 0.0864. The third-order valence-electron chi connectivity index (χ3n) is 9.67. The van der Waals surface area contributed by atoms with Crippen molar-refractivity contribution in [2.75, 3.05) is 54.1 Å². The van der Waals surface area contributed by atoms with Crippen LogP contribution in [0.3, 0.4) is 0 Å². The standard InChI is InChI=1S/C46H88NO7P/c1-6-8-10-12-14-16-18-20-21-22-23-24-25-26-28-30-32-34-36-38-41-51-43-45(44-53-55(49,50)52-42-40-47(3,4)5)54-46(48)39-37-35-33-31-29-27-19-17-15-13-11-9-7-2/h14,16-17,19-21,45H,6-13,15,18,22-44H2,1-5H3/p+1/b16-14-,19-17-,21-20-. The number of rotatable bonds is 42. The van der Waals surface area contributed by atoms with Crippen LogP contribution in [0, 0.1) is 0 Å². The number of nitrogens with zero attached hydrogens (tertiary/aromatic N) is 1. The zero-order valence-corrected chi connectivity index (χ0v) is 37.6. The first kappa shape index (κ1) is 53.7. The van der Waals surface area contributed by atoms with E-state index in [1.807, 2.05) is 21.1 Å². The molecule has 55 heavy (non-hydrogen) atoms. The van der Waals surface area contributed by atoms with Crippen molar-refractivity contribution in [3.05, 3.63) is 36.5 Å². The van der Waals surface area contributed by atoms with Gasteiger partial charge in [-0.2, -0.15) is 0 Å². The average molecular weight is 799 g/mol. The van der Waals surface area contributed by atoms with Gasteiger partial charge in [-0.1, -0.05) is 153 Å². The number of quaternary nitrogens is 1. The first-order valence-electron chi connectivity index (χ1n) is 22.7. The Hall–Kier alpha value is -1.28. The molecule has 1 N–H and O–H groups in total. The number of unbranched alkanes of at least 4 members (excludes halogenated alkanes) is 22. The number of allylic oxidation sites excluding steroid dienone is 6. The molecule has 2 atom stereocenters. The number of hydrogen-bond acceptors (Lipinski definition) is 6. The minimum atomic E-state index is -4.28. The van der Waals surface area contributed by atoms with E-state index in [2.05, 4.69) is 50.3 Å². The Labute approximate surface area is 340 Å². The smallest absolute Gasteiger partial charge is 0.457 e. The fourth-order valence-corrected chi connectivity index (χ4v) is 6.85. The zero-order chi connectivity index (χ0) is 40.6. The van der Waals surface area contributed by atoms with Crippen LogP contribution in [-0.4, -0.2) is 75.6 Å². The van der Waals surface area contributed by atoms with E-state index in [0.29, 0.717) is 24.1 Å².